The number of aromatic nitrogens is 1. The van der Waals surface area contributed by atoms with Gasteiger partial charge in [-0.15, -0.1) is 0 Å². The van der Waals surface area contributed by atoms with E-state index in [4.69, 9.17) is 21.3 Å². The third-order valence-corrected chi connectivity index (χ3v) is 6.05. The van der Waals surface area contributed by atoms with Gasteiger partial charge in [-0.3, -0.25) is 4.79 Å². The Kier molecular flexibility index (Phi) is 7.78. The van der Waals surface area contributed by atoms with Crippen molar-refractivity contribution >= 4 is 34.1 Å². The lowest BCUT2D eigenvalue weighted by molar-refractivity contribution is 0.0956. The van der Waals surface area contributed by atoms with Gasteiger partial charge >= 0.3 is 0 Å². The molecule has 0 saturated heterocycles. The summed E-state index contributed by atoms with van der Waals surface area (Å²) in [6, 6.07) is 23.1. The van der Waals surface area contributed by atoms with Crippen LogP contribution in [0.2, 0.25) is 5.02 Å². The average Bonchev–Trinajstić information content (AvgIpc) is 2.90. The van der Waals surface area contributed by atoms with Crippen molar-refractivity contribution in [3.63, 3.8) is 0 Å². The molecule has 1 aromatic heterocycles. The molecule has 0 saturated carbocycles. The van der Waals surface area contributed by atoms with Gasteiger partial charge in [0.05, 0.1) is 34.1 Å². The largest absolute Gasteiger partial charge is 0.494 e. The SMILES string of the molecule is CCCOc1cccc(/C(C)=N\NC(=O)c2cc(-c3ccc(CC)cc3)nc3c(Cl)cccc23)c1. The zero-order valence-electron chi connectivity index (χ0n) is 20.1. The van der Waals surface area contributed by atoms with E-state index < -0.39 is 0 Å². The summed E-state index contributed by atoms with van der Waals surface area (Å²) in [7, 11) is 0. The van der Waals surface area contributed by atoms with Crippen molar-refractivity contribution in [1.82, 2.24) is 10.4 Å². The van der Waals surface area contributed by atoms with Gasteiger partial charge in [-0.2, -0.15) is 5.10 Å². The molecule has 5 nitrogen and oxygen atoms in total. The van der Waals surface area contributed by atoms with Crippen LogP contribution in [-0.2, 0) is 6.42 Å². The molecule has 3 aromatic carbocycles. The number of nitrogens with zero attached hydrogens (tertiary/aromatic N) is 2. The number of para-hydroxylation sites is 1. The number of rotatable bonds is 8. The Bertz CT molecular complexity index is 1380. The summed E-state index contributed by atoms with van der Waals surface area (Å²) in [5.74, 6) is 0.447. The van der Waals surface area contributed by atoms with Crippen LogP contribution in [0.1, 0.15) is 48.7 Å². The number of hydrogen-bond acceptors (Lipinski definition) is 4. The highest BCUT2D eigenvalue weighted by Crippen LogP contribution is 2.29. The van der Waals surface area contributed by atoms with E-state index in [1.807, 2.05) is 55.5 Å². The van der Waals surface area contributed by atoms with Crippen molar-refractivity contribution < 1.29 is 9.53 Å². The van der Waals surface area contributed by atoms with Gasteiger partial charge in [-0.05, 0) is 49.6 Å². The molecule has 1 heterocycles. The van der Waals surface area contributed by atoms with Crippen LogP contribution in [0, 0.1) is 0 Å². The topological polar surface area (TPSA) is 63.6 Å². The summed E-state index contributed by atoms with van der Waals surface area (Å²) in [6.45, 7) is 6.68. The maximum Gasteiger partial charge on any atom is 0.272 e. The highest BCUT2D eigenvalue weighted by atomic mass is 35.5. The van der Waals surface area contributed by atoms with Gasteiger partial charge in [0.1, 0.15) is 5.75 Å². The predicted molar refractivity (Wildman–Crippen MR) is 143 cm³/mol. The van der Waals surface area contributed by atoms with Crippen molar-refractivity contribution in [3.05, 3.63) is 94.5 Å². The number of hydrazone groups is 1. The summed E-state index contributed by atoms with van der Waals surface area (Å²) in [5.41, 5.74) is 8.13. The maximum absolute atomic E-state index is 13.3. The predicted octanol–water partition coefficient (Wildman–Crippen LogP) is 7.06. The molecule has 0 unspecified atom stereocenters. The molecule has 1 amide bonds. The van der Waals surface area contributed by atoms with E-state index in [1.54, 1.807) is 12.1 Å². The summed E-state index contributed by atoms with van der Waals surface area (Å²) in [5, 5.41) is 5.52. The Morgan fingerprint density at radius 1 is 1.03 bits per heavy atom. The molecule has 35 heavy (non-hydrogen) atoms. The molecule has 4 aromatic rings. The van der Waals surface area contributed by atoms with E-state index in [0.29, 0.717) is 39.5 Å². The van der Waals surface area contributed by atoms with Crippen LogP contribution in [0.5, 0.6) is 5.75 Å². The number of carbonyl (C=O) groups is 1. The lowest BCUT2D eigenvalue weighted by Gasteiger charge is -2.11. The molecule has 178 valence electrons. The van der Waals surface area contributed by atoms with Crippen LogP contribution in [0.25, 0.3) is 22.2 Å². The average molecular weight is 486 g/mol. The number of nitrogens with one attached hydrogen (secondary N) is 1. The zero-order valence-corrected chi connectivity index (χ0v) is 20.9. The Hall–Kier alpha value is -3.70. The van der Waals surface area contributed by atoms with Crippen molar-refractivity contribution in [2.24, 2.45) is 5.10 Å². The molecule has 0 radical (unpaired) electrons. The van der Waals surface area contributed by atoms with Gasteiger partial charge in [0.25, 0.3) is 5.91 Å². The number of ether oxygens (including phenoxy) is 1. The lowest BCUT2D eigenvalue weighted by Crippen LogP contribution is -2.20. The summed E-state index contributed by atoms with van der Waals surface area (Å²) in [6.07, 6.45) is 1.89. The van der Waals surface area contributed by atoms with Crippen LogP contribution in [0.15, 0.2) is 77.9 Å². The highest BCUT2D eigenvalue weighted by molar-refractivity contribution is 6.35. The van der Waals surface area contributed by atoms with Crippen LogP contribution in [0.3, 0.4) is 0 Å². The monoisotopic (exact) mass is 485 g/mol. The van der Waals surface area contributed by atoms with E-state index in [9.17, 15) is 4.79 Å². The Labute approximate surface area is 210 Å². The zero-order chi connectivity index (χ0) is 24.8. The first-order valence-corrected chi connectivity index (χ1v) is 12.1. The first kappa shape index (κ1) is 24.4. The number of carbonyl (C=O) groups excluding carboxylic acids is 1. The van der Waals surface area contributed by atoms with Gasteiger partial charge in [-0.1, -0.05) is 74.0 Å². The quantitative estimate of drug-likeness (QED) is 0.214. The van der Waals surface area contributed by atoms with Gasteiger partial charge in [0.15, 0.2) is 0 Å². The number of pyridine rings is 1. The fraction of sp³-hybridized carbons (Fsp3) is 0.207. The number of aryl methyl sites for hydroxylation is 1. The fourth-order valence-corrected chi connectivity index (χ4v) is 3.97. The number of hydrogen-bond donors (Lipinski definition) is 1. The molecule has 1 N–H and O–H groups in total. The number of halogens is 1. The smallest absolute Gasteiger partial charge is 0.272 e. The molecule has 0 bridgehead atoms. The van der Waals surface area contributed by atoms with E-state index in [0.717, 1.165) is 29.7 Å². The molecule has 0 aliphatic rings. The molecule has 0 atom stereocenters. The second-order valence-corrected chi connectivity index (χ2v) is 8.66. The third-order valence-electron chi connectivity index (χ3n) is 5.74. The normalized spacial score (nSPS) is 11.5. The van der Waals surface area contributed by atoms with Gasteiger partial charge < -0.3 is 4.74 Å². The van der Waals surface area contributed by atoms with E-state index in [-0.39, 0.29) is 5.91 Å². The molecular formula is C29H28ClN3O2. The number of benzene rings is 3. The third kappa shape index (κ3) is 5.69. The standard InChI is InChI=1S/C29H28ClN3O2/c1-4-16-35-23-9-6-8-22(17-23)19(3)32-33-29(34)25-18-27(21-14-12-20(5-2)13-15-21)31-28-24(25)10-7-11-26(28)30/h6-15,17-18H,4-5,16H2,1-3H3,(H,33,34)/b32-19-. The number of fused-ring (bicyclic) bond motifs is 1. The molecule has 0 aliphatic carbocycles. The van der Waals surface area contributed by atoms with E-state index in [1.165, 1.54) is 5.56 Å². The molecule has 0 spiro atoms. The van der Waals surface area contributed by atoms with Gasteiger partial charge in [0, 0.05) is 16.5 Å². The Morgan fingerprint density at radius 3 is 2.54 bits per heavy atom. The second kappa shape index (κ2) is 11.2. The van der Waals surface area contributed by atoms with Crippen LogP contribution >= 0.6 is 11.6 Å². The van der Waals surface area contributed by atoms with E-state index in [2.05, 4.69) is 36.5 Å². The number of amides is 1. The second-order valence-electron chi connectivity index (χ2n) is 8.26. The molecule has 4 rings (SSSR count). The minimum atomic E-state index is -0.330. The van der Waals surface area contributed by atoms with Crippen molar-refractivity contribution in [1.29, 1.82) is 0 Å². The van der Waals surface area contributed by atoms with Gasteiger partial charge in [-0.25, -0.2) is 10.4 Å². The minimum Gasteiger partial charge on any atom is -0.494 e. The highest BCUT2D eigenvalue weighted by Gasteiger charge is 2.16. The van der Waals surface area contributed by atoms with Crippen LogP contribution in [0.4, 0.5) is 0 Å². The van der Waals surface area contributed by atoms with Crippen LogP contribution < -0.4 is 10.2 Å². The van der Waals surface area contributed by atoms with Crippen LogP contribution in [-0.4, -0.2) is 23.2 Å². The van der Waals surface area contributed by atoms with Crippen molar-refractivity contribution in [2.75, 3.05) is 6.61 Å². The first-order chi connectivity index (χ1) is 17.0. The molecule has 6 heteroatoms. The minimum absolute atomic E-state index is 0.330. The summed E-state index contributed by atoms with van der Waals surface area (Å²) in [4.78, 5) is 18.0. The maximum atomic E-state index is 13.3. The summed E-state index contributed by atoms with van der Waals surface area (Å²) >= 11 is 6.47. The van der Waals surface area contributed by atoms with Gasteiger partial charge in [0.2, 0.25) is 0 Å². The molecule has 0 aliphatic heterocycles. The van der Waals surface area contributed by atoms with Crippen molar-refractivity contribution in [3.8, 4) is 17.0 Å². The Balaban J connectivity index is 1.66. The Morgan fingerprint density at radius 2 is 1.80 bits per heavy atom. The first-order valence-electron chi connectivity index (χ1n) is 11.8. The molecule has 0 fully saturated rings. The van der Waals surface area contributed by atoms with Crippen molar-refractivity contribution in [2.45, 2.75) is 33.6 Å². The lowest BCUT2D eigenvalue weighted by atomic mass is 10.0. The van der Waals surface area contributed by atoms with E-state index >= 15 is 0 Å². The molecular weight excluding hydrogens is 458 g/mol. The summed E-state index contributed by atoms with van der Waals surface area (Å²) < 4.78 is 5.71. The fourth-order valence-electron chi connectivity index (χ4n) is 3.75.